The molecule has 2 aromatic carbocycles. The lowest BCUT2D eigenvalue weighted by Gasteiger charge is -2.24. The van der Waals surface area contributed by atoms with Crippen LogP contribution in [0.5, 0.6) is 0 Å². The van der Waals surface area contributed by atoms with Gasteiger partial charge in [-0.1, -0.05) is 28.1 Å². The number of hydrogen-bond acceptors (Lipinski definition) is 2. The molecule has 2 rings (SSSR count). The zero-order valence-electron chi connectivity index (χ0n) is 10.7. The summed E-state index contributed by atoms with van der Waals surface area (Å²) in [4.78, 5) is 2.11. The van der Waals surface area contributed by atoms with Crippen molar-refractivity contribution in [3.05, 3.63) is 58.3 Å². The maximum atomic E-state index is 13.3. The molecule has 0 radical (unpaired) electrons. The molecule has 0 atom stereocenters. The fourth-order valence-corrected chi connectivity index (χ4v) is 2.48. The molecule has 0 aliphatic heterocycles. The van der Waals surface area contributed by atoms with Crippen molar-refractivity contribution in [2.24, 2.45) is 0 Å². The first-order valence-electron chi connectivity index (χ1n) is 6.14. The Hall–Kier alpha value is -1.55. The van der Waals surface area contributed by atoms with Crippen molar-refractivity contribution in [2.45, 2.75) is 13.5 Å². The van der Waals surface area contributed by atoms with Crippen LogP contribution < -0.4 is 10.6 Å². The van der Waals surface area contributed by atoms with Gasteiger partial charge in [0.2, 0.25) is 0 Å². The quantitative estimate of drug-likeness (QED) is 0.855. The van der Waals surface area contributed by atoms with E-state index in [0.29, 0.717) is 6.54 Å². The number of hydrogen-bond donors (Lipinski definition) is 1. The molecule has 0 heterocycles. The van der Waals surface area contributed by atoms with E-state index in [0.717, 1.165) is 28.0 Å². The minimum absolute atomic E-state index is 0.215. The summed E-state index contributed by atoms with van der Waals surface area (Å²) in [7, 11) is 0. The molecule has 19 heavy (non-hydrogen) atoms. The molecule has 2 nitrogen and oxygen atoms in total. The Morgan fingerprint density at radius 3 is 2.63 bits per heavy atom. The average Bonchev–Trinajstić information content (AvgIpc) is 2.38. The molecule has 0 aromatic heterocycles. The Balaban J connectivity index is 2.24. The lowest BCUT2D eigenvalue weighted by atomic mass is 10.2. The Kier molecular flexibility index (Phi) is 4.43. The molecule has 4 heteroatoms. The Morgan fingerprint density at radius 2 is 2.00 bits per heavy atom. The van der Waals surface area contributed by atoms with Gasteiger partial charge in [0.05, 0.1) is 0 Å². The van der Waals surface area contributed by atoms with Crippen LogP contribution in [0.4, 0.5) is 15.8 Å². The zero-order valence-corrected chi connectivity index (χ0v) is 12.3. The molecule has 100 valence electrons. The first kappa shape index (κ1) is 13.9. The molecule has 0 bridgehead atoms. The lowest BCUT2D eigenvalue weighted by molar-refractivity contribution is 0.626. The summed E-state index contributed by atoms with van der Waals surface area (Å²) in [6.07, 6.45) is 0. The Labute approximate surface area is 121 Å². The number of benzene rings is 2. The third-order valence-corrected chi connectivity index (χ3v) is 3.73. The molecule has 0 aliphatic rings. The number of anilines is 2. The van der Waals surface area contributed by atoms with Crippen molar-refractivity contribution in [2.75, 3.05) is 17.2 Å². The van der Waals surface area contributed by atoms with Crippen LogP contribution in [0.15, 0.2) is 46.9 Å². The molecule has 0 aliphatic carbocycles. The Morgan fingerprint density at radius 1 is 1.21 bits per heavy atom. The van der Waals surface area contributed by atoms with Crippen LogP contribution in [0, 0.1) is 5.82 Å². The monoisotopic (exact) mass is 322 g/mol. The predicted molar refractivity (Wildman–Crippen MR) is 81.7 cm³/mol. The number of nitrogens with two attached hydrogens (primary N) is 1. The van der Waals surface area contributed by atoms with Crippen LogP contribution in [0.25, 0.3) is 0 Å². The highest BCUT2D eigenvalue weighted by Crippen LogP contribution is 2.24. The summed E-state index contributed by atoms with van der Waals surface area (Å²) in [6.45, 7) is 3.57. The van der Waals surface area contributed by atoms with Gasteiger partial charge in [-0.2, -0.15) is 0 Å². The minimum atomic E-state index is -0.215. The summed E-state index contributed by atoms with van der Waals surface area (Å²) in [5, 5.41) is 0. The largest absolute Gasteiger partial charge is 0.399 e. The normalized spacial score (nSPS) is 10.5. The molecule has 0 spiro atoms. The van der Waals surface area contributed by atoms with Gasteiger partial charge in [0.25, 0.3) is 0 Å². The molecular formula is C15H16BrFN2. The lowest BCUT2D eigenvalue weighted by Crippen LogP contribution is -2.22. The van der Waals surface area contributed by atoms with Crippen LogP contribution in [0.1, 0.15) is 12.5 Å². The van der Waals surface area contributed by atoms with E-state index in [4.69, 9.17) is 5.73 Å². The summed E-state index contributed by atoms with van der Waals surface area (Å²) in [5.41, 5.74) is 8.46. The second-order valence-electron chi connectivity index (χ2n) is 4.34. The van der Waals surface area contributed by atoms with Crippen LogP contribution in [-0.4, -0.2) is 6.54 Å². The van der Waals surface area contributed by atoms with E-state index in [1.807, 2.05) is 24.3 Å². The summed E-state index contributed by atoms with van der Waals surface area (Å²) >= 11 is 3.51. The van der Waals surface area contributed by atoms with Gasteiger partial charge in [-0.3, -0.25) is 0 Å². The highest BCUT2D eigenvalue weighted by Gasteiger charge is 2.08. The van der Waals surface area contributed by atoms with Crippen molar-refractivity contribution < 1.29 is 4.39 Å². The van der Waals surface area contributed by atoms with Crippen molar-refractivity contribution in [3.63, 3.8) is 0 Å². The summed E-state index contributed by atoms with van der Waals surface area (Å²) in [5.74, 6) is -0.215. The second-order valence-corrected chi connectivity index (χ2v) is 5.20. The van der Waals surface area contributed by atoms with Crippen LogP contribution >= 0.6 is 15.9 Å². The maximum Gasteiger partial charge on any atom is 0.125 e. The SMILES string of the molecule is CCN(Cc1ccc(N)cc1Br)c1cccc(F)c1. The molecule has 0 fully saturated rings. The van der Waals surface area contributed by atoms with Gasteiger partial charge >= 0.3 is 0 Å². The number of rotatable bonds is 4. The second kappa shape index (κ2) is 6.06. The fraction of sp³-hybridized carbons (Fsp3) is 0.200. The van der Waals surface area contributed by atoms with E-state index in [-0.39, 0.29) is 5.82 Å². The summed E-state index contributed by atoms with van der Waals surface area (Å²) in [6, 6.07) is 12.4. The number of nitrogens with zero attached hydrogens (tertiary/aromatic N) is 1. The highest BCUT2D eigenvalue weighted by molar-refractivity contribution is 9.10. The standard InChI is InChI=1S/C15H16BrFN2/c1-2-19(14-5-3-4-12(17)8-14)10-11-6-7-13(18)9-15(11)16/h3-9H,2,10,18H2,1H3. The third kappa shape index (κ3) is 3.47. The average molecular weight is 323 g/mol. The van der Waals surface area contributed by atoms with Crippen molar-refractivity contribution >= 4 is 27.3 Å². The molecule has 2 N–H and O–H groups in total. The maximum absolute atomic E-state index is 13.3. The predicted octanol–water partition coefficient (Wildman–Crippen LogP) is 4.20. The number of nitrogen functional groups attached to an aromatic ring is 1. The highest BCUT2D eigenvalue weighted by atomic mass is 79.9. The van der Waals surface area contributed by atoms with Gasteiger partial charge in [0, 0.05) is 28.9 Å². The topological polar surface area (TPSA) is 29.3 Å². The number of halogens is 2. The van der Waals surface area contributed by atoms with E-state index < -0.39 is 0 Å². The third-order valence-electron chi connectivity index (χ3n) is 2.99. The van der Waals surface area contributed by atoms with Crippen LogP contribution in [0.2, 0.25) is 0 Å². The molecule has 2 aromatic rings. The van der Waals surface area contributed by atoms with E-state index in [1.54, 1.807) is 12.1 Å². The molecule has 0 amide bonds. The minimum Gasteiger partial charge on any atom is -0.399 e. The molecule has 0 unspecified atom stereocenters. The van der Waals surface area contributed by atoms with Gasteiger partial charge in [-0.15, -0.1) is 0 Å². The van der Waals surface area contributed by atoms with Crippen molar-refractivity contribution in [1.29, 1.82) is 0 Å². The van der Waals surface area contributed by atoms with Crippen molar-refractivity contribution in [1.82, 2.24) is 0 Å². The van der Waals surface area contributed by atoms with Gasteiger partial charge in [0.1, 0.15) is 5.82 Å². The van der Waals surface area contributed by atoms with Gasteiger partial charge in [-0.25, -0.2) is 4.39 Å². The molecular weight excluding hydrogens is 307 g/mol. The van der Waals surface area contributed by atoms with E-state index in [9.17, 15) is 4.39 Å². The van der Waals surface area contributed by atoms with E-state index in [2.05, 4.69) is 27.8 Å². The van der Waals surface area contributed by atoms with Gasteiger partial charge < -0.3 is 10.6 Å². The van der Waals surface area contributed by atoms with Gasteiger partial charge in [-0.05, 0) is 42.8 Å². The molecule has 0 saturated heterocycles. The van der Waals surface area contributed by atoms with Crippen LogP contribution in [-0.2, 0) is 6.54 Å². The van der Waals surface area contributed by atoms with E-state index in [1.165, 1.54) is 6.07 Å². The van der Waals surface area contributed by atoms with E-state index >= 15 is 0 Å². The Bertz CT molecular complexity index is 572. The zero-order chi connectivity index (χ0) is 13.8. The van der Waals surface area contributed by atoms with Crippen molar-refractivity contribution in [3.8, 4) is 0 Å². The fourth-order valence-electron chi connectivity index (χ4n) is 1.96. The first-order valence-corrected chi connectivity index (χ1v) is 6.94. The summed E-state index contributed by atoms with van der Waals surface area (Å²) < 4.78 is 14.3. The first-order chi connectivity index (χ1) is 9.10. The smallest absolute Gasteiger partial charge is 0.125 e. The van der Waals surface area contributed by atoms with Gasteiger partial charge in [0.15, 0.2) is 0 Å². The van der Waals surface area contributed by atoms with Crippen LogP contribution in [0.3, 0.4) is 0 Å². The molecule has 0 saturated carbocycles.